The van der Waals surface area contributed by atoms with Crippen molar-refractivity contribution in [2.45, 2.75) is 12.0 Å². The zero-order valence-corrected chi connectivity index (χ0v) is 16.9. The topological polar surface area (TPSA) is 128 Å². The van der Waals surface area contributed by atoms with Crippen LogP contribution in [-0.4, -0.2) is 44.9 Å². The van der Waals surface area contributed by atoms with E-state index in [-0.39, 0.29) is 41.6 Å². The lowest BCUT2D eigenvalue weighted by Gasteiger charge is -2.45. The maximum atomic E-state index is 13.8. The molecule has 0 amide bonds. The second kappa shape index (κ2) is 8.42. The largest absolute Gasteiger partial charge is 0.481 e. The van der Waals surface area contributed by atoms with Gasteiger partial charge < -0.3 is 24.9 Å². The number of nitrogens with zero attached hydrogens (tertiary/aromatic N) is 4. The van der Waals surface area contributed by atoms with Crippen molar-refractivity contribution in [2.24, 2.45) is 5.73 Å². The van der Waals surface area contributed by atoms with Gasteiger partial charge in [-0.05, 0) is 30.3 Å². The lowest BCUT2D eigenvalue weighted by molar-refractivity contribution is -0.138. The highest BCUT2D eigenvalue weighted by Gasteiger charge is 2.43. The Bertz CT molecular complexity index is 1060. The molecule has 3 N–H and O–H groups in total. The van der Waals surface area contributed by atoms with E-state index in [0.717, 1.165) is 6.07 Å². The predicted octanol–water partition coefficient (Wildman–Crippen LogP) is 3.13. The van der Waals surface area contributed by atoms with Crippen LogP contribution in [0.2, 0.25) is 5.02 Å². The van der Waals surface area contributed by atoms with E-state index >= 15 is 0 Å². The standard InChI is InChI=1S/C18H15ClFN5O4.ClH/c19-11-5-13(20)16(22-7-11)28-12-3-1-10(2-4-12)15-23-24-17(29-15)25-8-18(21,9-25)6-14(26)27;/h1-5,7H,6,8-9,21H2,(H,26,27);1H. The lowest BCUT2D eigenvalue weighted by atomic mass is 9.88. The van der Waals surface area contributed by atoms with E-state index in [0.29, 0.717) is 24.4 Å². The van der Waals surface area contributed by atoms with Crippen LogP contribution in [0.25, 0.3) is 11.5 Å². The van der Waals surface area contributed by atoms with Crippen molar-refractivity contribution in [3.05, 3.63) is 47.4 Å². The van der Waals surface area contributed by atoms with Crippen molar-refractivity contribution in [3.8, 4) is 23.1 Å². The fourth-order valence-electron chi connectivity index (χ4n) is 2.98. The summed E-state index contributed by atoms with van der Waals surface area (Å²) in [6.45, 7) is 0.626. The molecule has 1 aliphatic heterocycles. The number of hydrogen-bond acceptors (Lipinski definition) is 8. The summed E-state index contributed by atoms with van der Waals surface area (Å²) < 4.78 is 24.8. The van der Waals surface area contributed by atoms with Gasteiger partial charge in [0.15, 0.2) is 5.82 Å². The van der Waals surface area contributed by atoms with E-state index in [1.165, 1.54) is 6.20 Å². The molecule has 4 rings (SSSR count). The highest BCUT2D eigenvalue weighted by atomic mass is 35.5. The average Bonchev–Trinajstić information content (AvgIpc) is 3.12. The van der Waals surface area contributed by atoms with E-state index in [9.17, 15) is 9.18 Å². The van der Waals surface area contributed by atoms with Gasteiger partial charge in [0.2, 0.25) is 5.89 Å². The van der Waals surface area contributed by atoms with Gasteiger partial charge in [-0.3, -0.25) is 4.79 Å². The Hall–Kier alpha value is -2.95. The molecule has 9 nitrogen and oxygen atoms in total. The third-order valence-corrected chi connectivity index (χ3v) is 4.50. The zero-order valence-electron chi connectivity index (χ0n) is 15.3. The van der Waals surface area contributed by atoms with Crippen LogP contribution >= 0.6 is 24.0 Å². The van der Waals surface area contributed by atoms with Crippen molar-refractivity contribution < 1.29 is 23.4 Å². The zero-order chi connectivity index (χ0) is 20.6. The van der Waals surface area contributed by atoms with Crippen LogP contribution in [0.4, 0.5) is 10.4 Å². The van der Waals surface area contributed by atoms with E-state index in [1.54, 1.807) is 29.2 Å². The van der Waals surface area contributed by atoms with Crippen LogP contribution in [0.15, 0.2) is 40.9 Å². The number of nitrogens with two attached hydrogens (primary N) is 1. The van der Waals surface area contributed by atoms with Crippen molar-refractivity contribution in [3.63, 3.8) is 0 Å². The van der Waals surface area contributed by atoms with E-state index in [2.05, 4.69) is 15.2 Å². The fraction of sp³-hybridized carbons (Fsp3) is 0.222. The first-order valence-corrected chi connectivity index (χ1v) is 8.88. The number of carboxylic acid groups (broad SMARTS) is 1. The minimum absolute atomic E-state index is 0. The van der Waals surface area contributed by atoms with Crippen LogP contribution in [0, 0.1) is 5.82 Å². The van der Waals surface area contributed by atoms with Gasteiger partial charge in [0, 0.05) is 24.8 Å². The van der Waals surface area contributed by atoms with Crippen molar-refractivity contribution in [1.29, 1.82) is 0 Å². The van der Waals surface area contributed by atoms with Gasteiger partial charge in [0.1, 0.15) is 5.75 Å². The van der Waals surface area contributed by atoms with Gasteiger partial charge in [-0.25, -0.2) is 9.37 Å². The molecule has 1 aliphatic rings. The molecule has 2 aromatic heterocycles. The van der Waals surface area contributed by atoms with Gasteiger partial charge in [-0.1, -0.05) is 16.7 Å². The predicted molar refractivity (Wildman–Crippen MR) is 108 cm³/mol. The molecule has 0 atom stereocenters. The van der Waals surface area contributed by atoms with Crippen LogP contribution < -0.4 is 15.4 Å². The molecular formula is C18H16Cl2FN5O4. The molecule has 0 unspecified atom stereocenters. The summed E-state index contributed by atoms with van der Waals surface area (Å²) in [7, 11) is 0. The molecule has 0 bridgehead atoms. The fourth-order valence-corrected chi connectivity index (χ4v) is 3.12. The van der Waals surface area contributed by atoms with E-state index < -0.39 is 17.3 Å². The van der Waals surface area contributed by atoms with Crippen LogP contribution in [0.3, 0.4) is 0 Å². The highest BCUT2D eigenvalue weighted by Crippen LogP contribution is 2.31. The lowest BCUT2D eigenvalue weighted by Crippen LogP contribution is -2.68. The Morgan fingerprint density at radius 1 is 1.33 bits per heavy atom. The molecule has 0 spiro atoms. The molecule has 0 aliphatic carbocycles. The summed E-state index contributed by atoms with van der Waals surface area (Å²) in [4.78, 5) is 16.3. The summed E-state index contributed by atoms with van der Waals surface area (Å²) in [5.74, 6) is -1.17. The molecule has 3 aromatic rings. The summed E-state index contributed by atoms with van der Waals surface area (Å²) >= 11 is 5.67. The first kappa shape index (κ1) is 21.8. The SMILES string of the molecule is Cl.NC1(CC(=O)O)CN(c2nnc(-c3ccc(Oc4ncc(Cl)cc4F)cc3)o2)C1. The van der Waals surface area contributed by atoms with Crippen LogP contribution in [0.1, 0.15) is 6.42 Å². The van der Waals surface area contributed by atoms with Crippen LogP contribution in [0.5, 0.6) is 11.6 Å². The molecule has 1 fully saturated rings. The number of carboxylic acids is 1. The number of hydrogen-bond donors (Lipinski definition) is 2. The molecule has 1 aromatic carbocycles. The first-order valence-electron chi connectivity index (χ1n) is 8.50. The number of carbonyl (C=O) groups is 1. The minimum atomic E-state index is -0.950. The number of ether oxygens (including phenoxy) is 1. The molecule has 3 heterocycles. The molecule has 158 valence electrons. The van der Waals surface area contributed by atoms with Crippen molar-refractivity contribution in [2.75, 3.05) is 18.0 Å². The number of aromatic nitrogens is 3. The van der Waals surface area contributed by atoms with Gasteiger partial charge in [0.05, 0.1) is 17.0 Å². The third kappa shape index (κ3) is 4.61. The van der Waals surface area contributed by atoms with Gasteiger partial charge in [-0.2, -0.15) is 0 Å². The van der Waals surface area contributed by atoms with Crippen molar-refractivity contribution >= 4 is 36.0 Å². The summed E-state index contributed by atoms with van der Waals surface area (Å²) in [6.07, 6.45) is 1.16. The molecule has 0 saturated carbocycles. The monoisotopic (exact) mass is 455 g/mol. The molecule has 1 saturated heterocycles. The number of anilines is 1. The van der Waals surface area contributed by atoms with Crippen molar-refractivity contribution in [1.82, 2.24) is 15.2 Å². The minimum Gasteiger partial charge on any atom is -0.481 e. The number of benzene rings is 1. The van der Waals surface area contributed by atoms with Gasteiger partial charge in [-0.15, -0.1) is 17.5 Å². The smallest absolute Gasteiger partial charge is 0.318 e. The Balaban J connectivity index is 0.00000256. The van der Waals surface area contributed by atoms with E-state index in [4.69, 9.17) is 31.6 Å². The average molecular weight is 456 g/mol. The van der Waals surface area contributed by atoms with Gasteiger partial charge >= 0.3 is 12.0 Å². The number of aliphatic carboxylic acids is 1. The Morgan fingerprint density at radius 2 is 2.03 bits per heavy atom. The molecule has 12 heteroatoms. The molecular weight excluding hydrogens is 440 g/mol. The summed E-state index contributed by atoms with van der Waals surface area (Å²) in [5, 5.41) is 17.0. The number of pyridine rings is 1. The maximum absolute atomic E-state index is 13.8. The van der Waals surface area contributed by atoms with Gasteiger partial charge in [0.25, 0.3) is 5.88 Å². The Labute approximate surface area is 181 Å². The Morgan fingerprint density at radius 3 is 2.67 bits per heavy atom. The normalized spacial score (nSPS) is 14.6. The Kier molecular flexibility index (Phi) is 6.11. The highest BCUT2D eigenvalue weighted by molar-refractivity contribution is 6.30. The summed E-state index contributed by atoms with van der Waals surface area (Å²) in [6, 6.07) is 7.94. The first-order chi connectivity index (χ1) is 13.8. The quantitative estimate of drug-likeness (QED) is 0.575. The number of halogens is 3. The third-order valence-electron chi connectivity index (χ3n) is 4.29. The summed E-state index contributed by atoms with van der Waals surface area (Å²) in [5.41, 5.74) is 5.81. The second-order valence-corrected chi connectivity index (χ2v) is 7.18. The van der Waals surface area contributed by atoms with Crippen LogP contribution in [-0.2, 0) is 4.79 Å². The number of rotatable bonds is 6. The second-order valence-electron chi connectivity index (χ2n) is 6.75. The molecule has 30 heavy (non-hydrogen) atoms. The van der Waals surface area contributed by atoms with E-state index in [1.807, 2.05) is 0 Å². The maximum Gasteiger partial charge on any atom is 0.318 e. The molecule has 0 radical (unpaired) electrons.